The molecule has 5 rings (SSSR count). The van der Waals surface area contributed by atoms with Crippen LogP contribution in [0.4, 0.5) is 10.2 Å². The first kappa shape index (κ1) is 23.2. The molecule has 2 N–H and O–H groups in total. The van der Waals surface area contributed by atoms with Crippen LogP contribution in [0.25, 0.3) is 0 Å². The second-order valence-corrected chi connectivity index (χ2v) is 9.86. The number of nitrogens with zero attached hydrogens (tertiary/aromatic N) is 2. The normalized spacial score (nSPS) is 21.1. The highest BCUT2D eigenvalue weighted by molar-refractivity contribution is 5.76. The van der Waals surface area contributed by atoms with E-state index in [1.165, 1.54) is 24.1 Å². The quantitative estimate of drug-likeness (QED) is 0.494. The standard InChI is InChI=1S/C27H34FN3O3/c28-20-9-11-23(24(16-20)18-6-7-18)25(27(32)33)31-14-12-22(17-31)34-15-2-1-5-21-10-8-19-4-3-13-29-26(19)30-21/h8-11,16,18,22,25H,1-7,12-15,17H2,(H,29,30)(H,32,33)/t22-,25-/m1/s1. The molecule has 1 aliphatic carbocycles. The van der Waals surface area contributed by atoms with Gasteiger partial charge in [-0.15, -0.1) is 0 Å². The zero-order chi connectivity index (χ0) is 23.5. The topological polar surface area (TPSA) is 74.7 Å². The average molecular weight is 468 g/mol. The van der Waals surface area contributed by atoms with Crippen molar-refractivity contribution in [2.75, 3.05) is 31.6 Å². The number of carboxylic acids is 1. The molecule has 182 valence electrons. The molecule has 3 aliphatic rings. The van der Waals surface area contributed by atoms with Crippen LogP contribution in [0.1, 0.15) is 72.9 Å². The first-order chi connectivity index (χ1) is 16.6. The Bertz CT molecular complexity index is 1030. The monoisotopic (exact) mass is 467 g/mol. The molecular formula is C27H34FN3O3. The van der Waals surface area contributed by atoms with Crippen LogP contribution < -0.4 is 5.32 Å². The van der Waals surface area contributed by atoms with Crippen molar-refractivity contribution in [3.63, 3.8) is 0 Å². The number of hydrogen-bond donors (Lipinski definition) is 2. The smallest absolute Gasteiger partial charge is 0.325 e. The van der Waals surface area contributed by atoms with Crippen molar-refractivity contribution >= 4 is 11.8 Å². The molecule has 0 bridgehead atoms. The number of pyridine rings is 1. The second kappa shape index (κ2) is 10.4. The molecule has 0 spiro atoms. The van der Waals surface area contributed by atoms with E-state index in [0.29, 0.717) is 25.6 Å². The van der Waals surface area contributed by atoms with Gasteiger partial charge in [0.15, 0.2) is 0 Å². The summed E-state index contributed by atoms with van der Waals surface area (Å²) in [6, 6.07) is 8.17. The van der Waals surface area contributed by atoms with E-state index in [2.05, 4.69) is 17.4 Å². The third kappa shape index (κ3) is 5.41. The number of carboxylic acid groups (broad SMARTS) is 1. The van der Waals surface area contributed by atoms with Crippen molar-refractivity contribution < 1.29 is 19.0 Å². The number of halogens is 1. The summed E-state index contributed by atoms with van der Waals surface area (Å²) in [7, 11) is 0. The lowest BCUT2D eigenvalue weighted by atomic mass is 9.96. The molecule has 1 saturated carbocycles. The molecule has 3 heterocycles. The van der Waals surface area contributed by atoms with Gasteiger partial charge in [0, 0.05) is 31.9 Å². The first-order valence-electron chi connectivity index (χ1n) is 12.7. The van der Waals surface area contributed by atoms with Crippen LogP contribution in [0.5, 0.6) is 0 Å². The van der Waals surface area contributed by atoms with Crippen molar-refractivity contribution in [1.82, 2.24) is 9.88 Å². The van der Waals surface area contributed by atoms with Gasteiger partial charge in [0.2, 0.25) is 0 Å². The molecule has 6 nitrogen and oxygen atoms in total. The molecule has 34 heavy (non-hydrogen) atoms. The lowest BCUT2D eigenvalue weighted by molar-refractivity contribution is -0.143. The second-order valence-electron chi connectivity index (χ2n) is 9.86. The highest BCUT2D eigenvalue weighted by Crippen LogP contribution is 2.44. The maximum absolute atomic E-state index is 13.8. The number of anilines is 1. The highest BCUT2D eigenvalue weighted by atomic mass is 19.1. The van der Waals surface area contributed by atoms with Gasteiger partial charge in [-0.1, -0.05) is 12.1 Å². The Kier molecular flexibility index (Phi) is 7.11. The van der Waals surface area contributed by atoms with Gasteiger partial charge in [0.25, 0.3) is 0 Å². The number of unbranched alkanes of at least 4 members (excludes halogenated alkanes) is 1. The zero-order valence-electron chi connectivity index (χ0n) is 19.6. The number of aliphatic carboxylic acids is 1. The fourth-order valence-electron chi connectivity index (χ4n) is 5.32. The molecule has 0 radical (unpaired) electrons. The number of ether oxygens (including phenoxy) is 1. The van der Waals surface area contributed by atoms with Crippen LogP contribution in [-0.2, 0) is 22.4 Å². The maximum atomic E-state index is 13.8. The van der Waals surface area contributed by atoms with Gasteiger partial charge in [0.1, 0.15) is 17.7 Å². The lowest BCUT2D eigenvalue weighted by Crippen LogP contribution is -2.34. The summed E-state index contributed by atoms with van der Waals surface area (Å²) in [6.45, 7) is 2.94. The van der Waals surface area contributed by atoms with Crippen LogP contribution in [0.2, 0.25) is 0 Å². The molecular weight excluding hydrogens is 433 g/mol. The Morgan fingerprint density at radius 2 is 2.12 bits per heavy atom. The van der Waals surface area contributed by atoms with E-state index < -0.39 is 12.0 Å². The van der Waals surface area contributed by atoms with Crippen LogP contribution in [0, 0.1) is 5.82 Å². The van der Waals surface area contributed by atoms with E-state index in [0.717, 1.165) is 74.1 Å². The third-order valence-corrected chi connectivity index (χ3v) is 7.27. The summed E-state index contributed by atoms with van der Waals surface area (Å²) in [5.74, 6) is 0.174. The predicted molar refractivity (Wildman–Crippen MR) is 129 cm³/mol. The minimum Gasteiger partial charge on any atom is -0.480 e. The largest absolute Gasteiger partial charge is 0.480 e. The minimum atomic E-state index is -0.874. The van der Waals surface area contributed by atoms with Crippen molar-refractivity contribution in [3.05, 3.63) is 58.5 Å². The highest BCUT2D eigenvalue weighted by Gasteiger charge is 2.37. The maximum Gasteiger partial charge on any atom is 0.325 e. The summed E-state index contributed by atoms with van der Waals surface area (Å²) in [4.78, 5) is 18.9. The van der Waals surface area contributed by atoms with Crippen molar-refractivity contribution in [3.8, 4) is 0 Å². The Hall–Kier alpha value is -2.51. The molecule has 2 aliphatic heterocycles. The lowest BCUT2D eigenvalue weighted by Gasteiger charge is -2.26. The Labute approximate surface area is 200 Å². The average Bonchev–Trinajstić information content (AvgIpc) is 3.58. The summed E-state index contributed by atoms with van der Waals surface area (Å²) < 4.78 is 19.9. The molecule has 1 aromatic carbocycles. The van der Waals surface area contributed by atoms with Gasteiger partial charge in [-0.05, 0) is 92.2 Å². The van der Waals surface area contributed by atoms with E-state index in [1.807, 2.05) is 4.90 Å². The van der Waals surface area contributed by atoms with Gasteiger partial charge in [-0.2, -0.15) is 0 Å². The van der Waals surface area contributed by atoms with Crippen LogP contribution in [0.3, 0.4) is 0 Å². The van der Waals surface area contributed by atoms with Gasteiger partial charge in [-0.25, -0.2) is 9.37 Å². The number of nitrogens with one attached hydrogen (secondary N) is 1. The molecule has 2 fully saturated rings. The number of likely N-dealkylation sites (tertiary alicyclic amines) is 1. The molecule has 0 amide bonds. The minimum absolute atomic E-state index is 0.0396. The molecule has 1 aromatic heterocycles. The molecule has 1 saturated heterocycles. The van der Waals surface area contributed by atoms with E-state index in [4.69, 9.17) is 9.72 Å². The summed E-state index contributed by atoms with van der Waals surface area (Å²) in [5, 5.41) is 13.4. The number of hydrogen-bond acceptors (Lipinski definition) is 5. The van der Waals surface area contributed by atoms with E-state index >= 15 is 0 Å². The van der Waals surface area contributed by atoms with Crippen LogP contribution in [0.15, 0.2) is 30.3 Å². The Morgan fingerprint density at radius 1 is 1.24 bits per heavy atom. The summed E-state index contributed by atoms with van der Waals surface area (Å²) in [5.41, 5.74) is 4.04. The van der Waals surface area contributed by atoms with Crippen molar-refractivity contribution in [2.24, 2.45) is 0 Å². The van der Waals surface area contributed by atoms with Crippen molar-refractivity contribution in [1.29, 1.82) is 0 Å². The molecule has 2 aromatic rings. The van der Waals surface area contributed by atoms with Crippen LogP contribution >= 0.6 is 0 Å². The Morgan fingerprint density at radius 3 is 2.94 bits per heavy atom. The molecule has 0 unspecified atom stereocenters. The zero-order valence-corrected chi connectivity index (χ0v) is 19.6. The predicted octanol–water partition coefficient (Wildman–Crippen LogP) is 4.70. The van der Waals surface area contributed by atoms with E-state index in [1.54, 1.807) is 6.07 Å². The molecule has 7 heteroatoms. The number of fused-ring (bicyclic) bond motifs is 1. The van der Waals surface area contributed by atoms with Gasteiger partial charge >= 0.3 is 5.97 Å². The Balaban J connectivity index is 1.10. The van der Waals surface area contributed by atoms with E-state index in [-0.39, 0.29) is 11.9 Å². The van der Waals surface area contributed by atoms with Gasteiger partial charge < -0.3 is 15.2 Å². The first-order valence-corrected chi connectivity index (χ1v) is 12.7. The fraction of sp³-hybridized carbons (Fsp3) is 0.556. The summed E-state index contributed by atoms with van der Waals surface area (Å²) >= 11 is 0. The van der Waals surface area contributed by atoms with Crippen LogP contribution in [-0.4, -0.2) is 53.3 Å². The number of rotatable bonds is 10. The third-order valence-electron chi connectivity index (χ3n) is 7.27. The fourth-order valence-corrected chi connectivity index (χ4v) is 5.32. The van der Waals surface area contributed by atoms with Gasteiger partial charge in [-0.3, -0.25) is 9.69 Å². The van der Waals surface area contributed by atoms with Gasteiger partial charge in [0.05, 0.1) is 6.10 Å². The van der Waals surface area contributed by atoms with E-state index in [9.17, 15) is 14.3 Å². The number of aromatic nitrogens is 1. The molecule has 2 atom stereocenters. The number of carbonyl (C=O) groups is 1. The SMILES string of the molecule is O=C(O)[C@@H](c1ccc(F)cc1C1CC1)N1CC[C@@H](OCCCCc2ccc3c(n2)NCCC3)C1. The number of benzene rings is 1. The summed E-state index contributed by atoms with van der Waals surface area (Å²) in [6.07, 6.45) is 8.05. The number of aryl methyl sites for hydroxylation is 2. The van der Waals surface area contributed by atoms with Crippen molar-refractivity contribution in [2.45, 2.75) is 69.4 Å².